The lowest BCUT2D eigenvalue weighted by atomic mass is 10.1. The van der Waals surface area contributed by atoms with Crippen molar-refractivity contribution in [1.82, 2.24) is 10.2 Å². The molecule has 2 aliphatic heterocycles. The van der Waals surface area contributed by atoms with Gasteiger partial charge < -0.3 is 15.2 Å². The zero-order valence-corrected chi connectivity index (χ0v) is 17.4. The summed E-state index contributed by atoms with van der Waals surface area (Å²) < 4.78 is 4.96. The number of amides is 2. The molecule has 3 rings (SSSR count). The molecule has 7 nitrogen and oxygen atoms in total. The first kappa shape index (κ1) is 20.8. The molecule has 0 spiro atoms. The largest absolute Gasteiger partial charge is 0.465 e. The van der Waals surface area contributed by atoms with Crippen LogP contribution in [0.15, 0.2) is 29.2 Å². The van der Waals surface area contributed by atoms with Crippen molar-refractivity contribution in [3.05, 3.63) is 40.3 Å². The molecule has 2 amide bonds. The van der Waals surface area contributed by atoms with Gasteiger partial charge in [-0.05, 0) is 23.8 Å². The molecule has 0 bridgehead atoms. The minimum atomic E-state index is -0.576. The summed E-state index contributed by atoms with van der Waals surface area (Å²) in [6.07, 6.45) is 1.09. The van der Waals surface area contributed by atoms with Crippen LogP contribution >= 0.6 is 35.7 Å². The number of nitrogens with one attached hydrogen (secondary N) is 1. The van der Waals surface area contributed by atoms with E-state index in [4.69, 9.17) is 12.2 Å². The molecule has 2 saturated heterocycles. The van der Waals surface area contributed by atoms with E-state index in [2.05, 4.69) is 10.1 Å². The van der Waals surface area contributed by atoms with Crippen LogP contribution in [0.2, 0.25) is 0 Å². The van der Waals surface area contributed by atoms with Crippen molar-refractivity contribution < 1.29 is 24.2 Å². The quantitative estimate of drug-likeness (QED) is 0.403. The van der Waals surface area contributed by atoms with E-state index >= 15 is 0 Å². The van der Waals surface area contributed by atoms with E-state index in [9.17, 15) is 19.5 Å². The van der Waals surface area contributed by atoms with Gasteiger partial charge in [-0.2, -0.15) is 11.8 Å². The summed E-state index contributed by atoms with van der Waals surface area (Å²) in [6.45, 7) is -0.183. The minimum absolute atomic E-state index is 0.183. The number of benzene rings is 1. The summed E-state index contributed by atoms with van der Waals surface area (Å²) in [5, 5.41) is 12.5. The number of aliphatic hydroxyl groups excluding tert-OH is 1. The van der Waals surface area contributed by atoms with Gasteiger partial charge in [0, 0.05) is 11.5 Å². The number of hydrogen-bond donors (Lipinski definition) is 2. The lowest BCUT2D eigenvalue weighted by Crippen LogP contribution is -2.47. The van der Waals surface area contributed by atoms with Gasteiger partial charge in [0.05, 0.1) is 29.7 Å². The van der Waals surface area contributed by atoms with Gasteiger partial charge in [-0.1, -0.05) is 36.1 Å². The highest BCUT2D eigenvalue weighted by molar-refractivity contribution is 8.26. The van der Waals surface area contributed by atoms with E-state index in [1.165, 1.54) is 12.0 Å². The van der Waals surface area contributed by atoms with E-state index in [0.717, 1.165) is 17.3 Å². The highest BCUT2D eigenvalue weighted by Gasteiger charge is 2.34. The molecule has 0 saturated carbocycles. The van der Waals surface area contributed by atoms with Gasteiger partial charge in [-0.3, -0.25) is 14.5 Å². The molecular weight excluding hydrogens is 420 g/mol. The second-order valence-corrected chi connectivity index (χ2v) is 8.91. The first-order chi connectivity index (χ1) is 13.4. The smallest absolute Gasteiger partial charge is 0.337 e. The van der Waals surface area contributed by atoms with Crippen LogP contribution in [0.3, 0.4) is 0 Å². The SMILES string of the molecule is COC(=O)c1ccc(/C=C2\SC(=S)N(CC(=O)N[C@@H]3CSC[C@@H]3O)C2=O)cc1. The van der Waals surface area contributed by atoms with Gasteiger partial charge in [0.25, 0.3) is 5.91 Å². The van der Waals surface area contributed by atoms with Crippen LogP contribution < -0.4 is 5.32 Å². The number of hydrogen-bond acceptors (Lipinski definition) is 8. The number of thioether (sulfide) groups is 2. The van der Waals surface area contributed by atoms with Crippen LogP contribution in [0.4, 0.5) is 0 Å². The maximum atomic E-state index is 12.6. The Hall–Kier alpha value is -1.88. The lowest BCUT2D eigenvalue weighted by molar-refractivity contribution is -0.129. The first-order valence-corrected chi connectivity index (χ1v) is 10.8. The van der Waals surface area contributed by atoms with Crippen molar-refractivity contribution in [2.75, 3.05) is 25.2 Å². The molecule has 0 aliphatic carbocycles. The van der Waals surface area contributed by atoms with Crippen molar-refractivity contribution in [2.24, 2.45) is 0 Å². The average Bonchev–Trinajstić information content (AvgIpc) is 3.19. The van der Waals surface area contributed by atoms with Crippen LogP contribution in [0, 0.1) is 0 Å². The number of carbonyl (C=O) groups is 3. The van der Waals surface area contributed by atoms with Gasteiger partial charge in [-0.15, -0.1) is 0 Å². The van der Waals surface area contributed by atoms with Crippen molar-refractivity contribution in [2.45, 2.75) is 12.1 Å². The van der Waals surface area contributed by atoms with E-state index in [1.807, 2.05) is 0 Å². The molecule has 0 unspecified atom stereocenters. The number of aliphatic hydroxyl groups is 1. The second-order valence-electron chi connectivity index (χ2n) is 6.16. The number of nitrogens with zero attached hydrogens (tertiary/aromatic N) is 1. The van der Waals surface area contributed by atoms with Gasteiger partial charge in [0.15, 0.2) is 0 Å². The van der Waals surface area contributed by atoms with Gasteiger partial charge >= 0.3 is 5.97 Å². The Balaban J connectivity index is 1.64. The standard InChI is InChI=1S/C18H18N2O5S3/c1-25-17(24)11-4-2-10(3-5-11)6-14-16(23)20(18(26)28-14)7-15(22)19-12-8-27-9-13(12)21/h2-6,12-13,21H,7-9H2,1H3,(H,19,22)/b14-6-/t12-,13+/m1/s1. The molecule has 0 radical (unpaired) electrons. The molecule has 10 heteroatoms. The van der Waals surface area contributed by atoms with Crippen molar-refractivity contribution >= 4 is 63.9 Å². The zero-order chi connectivity index (χ0) is 20.3. The third kappa shape index (κ3) is 4.75. The lowest BCUT2D eigenvalue weighted by Gasteiger charge is -2.18. The maximum Gasteiger partial charge on any atom is 0.337 e. The monoisotopic (exact) mass is 438 g/mol. The Morgan fingerprint density at radius 3 is 2.68 bits per heavy atom. The fourth-order valence-electron chi connectivity index (χ4n) is 2.70. The fourth-order valence-corrected chi connectivity index (χ4v) is 5.12. The Morgan fingerprint density at radius 2 is 2.07 bits per heavy atom. The third-order valence-electron chi connectivity index (χ3n) is 4.20. The molecule has 1 aromatic carbocycles. The number of carbonyl (C=O) groups excluding carboxylic acids is 3. The van der Waals surface area contributed by atoms with Crippen molar-refractivity contribution in [1.29, 1.82) is 0 Å². The predicted molar refractivity (Wildman–Crippen MR) is 113 cm³/mol. The van der Waals surface area contributed by atoms with Gasteiger partial charge in [0.2, 0.25) is 5.91 Å². The van der Waals surface area contributed by atoms with Gasteiger partial charge in [0.1, 0.15) is 10.9 Å². The summed E-state index contributed by atoms with van der Waals surface area (Å²) in [7, 11) is 1.31. The third-order valence-corrected chi connectivity index (χ3v) is 6.75. The maximum absolute atomic E-state index is 12.6. The zero-order valence-electron chi connectivity index (χ0n) is 14.9. The Kier molecular flexibility index (Phi) is 6.76. The molecule has 2 N–H and O–H groups in total. The molecule has 0 aromatic heterocycles. The normalized spacial score (nSPS) is 23.4. The predicted octanol–water partition coefficient (Wildman–Crippen LogP) is 1.27. The average molecular weight is 439 g/mol. The van der Waals surface area contributed by atoms with E-state index in [0.29, 0.717) is 26.3 Å². The molecule has 28 heavy (non-hydrogen) atoms. The number of methoxy groups -OCH3 is 1. The number of rotatable bonds is 5. The highest BCUT2D eigenvalue weighted by Crippen LogP contribution is 2.32. The van der Waals surface area contributed by atoms with E-state index in [-0.39, 0.29) is 24.4 Å². The highest BCUT2D eigenvalue weighted by atomic mass is 32.2. The molecule has 2 fully saturated rings. The van der Waals surface area contributed by atoms with Crippen molar-refractivity contribution in [3.63, 3.8) is 0 Å². The molecule has 2 aliphatic rings. The Morgan fingerprint density at radius 1 is 1.36 bits per heavy atom. The minimum Gasteiger partial charge on any atom is -0.465 e. The summed E-state index contributed by atoms with van der Waals surface area (Å²) in [5.74, 6) is 0.0979. The summed E-state index contributed by atoms with van der Waals surface area (Å²) >= 11 is 7.93. The summed E-state index contributed by atoms with van der Waals surface area (Å²) in [4.78, 5) is 38.0. The molecule has 1 aromatic rings. The van der Waals surface area contributed by atoms with Crippen molar-refractivity contribution in [3.8, 4) is 0 Å². The van der Waals surface area contributed by atoms with Crippen LogP contribution in [0.1, 0.15) is 15.9 Å². The number of thiocarbonyl (C=S) groups is 1. The van der Waals surface area contributed by atoms with E-state index < -0.39 is 12.1 Å². The summed E-state index contributed by atoms with van der Waals surface area (Å²) in [5.41, 5.74) is 1.14. The molecule has 148 valence electrons. The van der Waals surface area contributed by atoms with Crippen LogP contribution in [-0.4, -0.2) is 69.4 Å². The second kappa shape index (κ2) is 9.08. The molecular formula is C18H18N2O5S3. The van der Waals surface area contributed by atoms with E-state index in [1.54, 1.807) is 42.1 Å². The topological polar surface area (TPSA) is 95.9 Å². The van der Waals surface area contributed by atoms with Gasteiger partial charge in [-0.25, -0.2) is 4.79 Å². The van der Waals surface area contributed by atoms with Crippen LogP contribution in [0.25, 0.3) is 6.08 Å². The van der Waals surface area contributed by atoms with Crippen LogP contribution in [0.5, 0.6) is 0 Å². The first-order valence-electron chi connectivity index (χ1n) is 8.38. The summed E-state index contributed by atoms with van der Waals surface area (Å²) in [6, 6.07) is 6.31. The number of ether oxygens (including phenoxy) is 1. The molecule has 2 heterocycles. The fraction of sp³-hybridized carbons (Fsp3) is 0.333. The molecule has 2 atom stereocenters. The van der Waals surface area contributed by atoms with Crippen LogP contribution in [-0.2, 0) is 14.3 Å². The number of esters is 1. The Bertz CT molecular complexity index is 840. The Labute approximate surface area is 175 Å².